The summed E-state index contributed by atoms with van der Waals surface area (Å²) in [6, 6.07) is 3.06. The molecule has 1 heterocycles. The summed E-state index contributed by atoms with van der Waals surface area (Å²) in [5.41, 5.74) is -0.158. The third kappa shape index (κ3) is 4.19. The van der Waals surface area contributed by atoms with E-state index in [0.717, 1.165) is 32.5 Å². The van der Waals surface area contributed by atoms with Crippen LogP contribution in [0.5, 0.6) is 0 Å². The summed E-state index contributed by atoms with van der Waals surface area (Å²) in [4.78, 5) is 2.42. The minimum Gasteiger partial charge on any atom is -0.315 e. The summed E-state index contributed by atoms with van der Waals surface area (Å²) in [5, 5.41) is 12.3. The molecular weight excluding hydrogens is 186 g/mol. The first-order valence-corrected chi connectivity index (χ1v) is 5.87. The van der Waals surface area contributed by atoms with E-state index in [1.165, 1.54) is 6.42 Å². The highest BCUT2D eigenvalue weighted by Gasteiger charge is 2.20. The standard InChI is InChI=1S/C12H23N3/c1-12(2,10-13)6-4-8-15(3)11-5-7-14-9-11/h11,14H,4-9H2,1-3H3. The van der Waals surface area contributed by atoms with Crippen LogP contribution in [-0.4, -0.2) is 37.6 Å². The molecule has 3 nitrogen and oxygen atoms in total. The first-order valence-electron chi connectivity index (χ1n) is 5.87. The van der Waals surface area contributed by atoms with Crippen molar-refractivity contribution in [2.45, 2.75) is 39.2 Å². The first kappa shape index (κ1) is 12.5. The second-order valence-corrected chi connectivity index (χ2v) is 5.23. The lowest BCUT2D eigenvalue weighted by Gasteiger charge is -2.24. The fourth-order valence-corrected chi connectivity index (χ4v) is 2.02. The van der Waals surface area contributed by atoms with Gasteiger partial charge in [0.1, 0.15) is 0 Å². The van der Waals surface area contributed by atoms with E-state index < -0.39 is 0 Å². The molecule has 3 heteroatoms. The minimum atomic E-state index is -0.158. The molecule has 86 valence electrons. The van der Waals surface area contributed by atoms with Crippen molar-refractivity contribution in [3.63, 3.8) is 0 Å². The van der Waals surface area contributed by atoms with Gasteiger partial charge in [0.2, 0.25) is 0 Å². The van der Waals surface area contributed by atoms with Gasteiger partial charge in [0.05, 0.1) is 11.5 Å². The van der Waals surface area contributed by atoms with Gasteiger partial charge in [-0.1, -0.05) is 0 Å². The first-order chi connectivity index (χ1) is 7.05. The molecule has 0 spiro atoms. The second-order valence-electron chi connectivity index (χ2n) is 5.23. The molecule has 1 unspecified atom stereocenters. The smallest absolute Gasteiger partial charge is 0.0683 e. The van der Waals surface area contributed by atoms with Crippen molar-refractivity contribution in [2.75, 3.05) is 26.7 Å². The van der Waals surface area contributed by atoms with Gasteiger partial charge in [-0.05, 0) is 53.2 Å². The maximum atomic E-state index is 8.90. The largest absolute Gasteiger partial charge is 0.315 e. The number of hydrogen-bond acceptors (Lipinski definition) is 3. The topological polar surface area (TPSA) is 39.1 Å². The van der Waals surface area contributed by atoms with Gasteiger partial charge in [0.25, 0.3) is 0 Å². The lowest BCUT2D eigenvalue weighted by atomic mass is 9.90. The molecule has 0 aromatic rings. The average molecular weight is 209 g/mol. The van der Waals surface area contributed by atoms with Crippen molar-refractivity contribution in [1.29, 1.82) is 5.26 Å². The van der Waals surface area contributed by atoms with E-state index in [9.17, 15) is 0 Å². The Hall–Kier alpha value is -0.590. The number of likely N-dealkylation sites (N-methyl/N-ethyl adjacent to an activating group) is 1. The predicted octanol–water partition coefficient (Wildman–Crippen LogP) is 1.61. The Labute approximate surface area is 93.5 Å². The van der Waals surface area contributed by atoms with Gasteiger partial charge in [0.15, 0.2) is 0 Å². The highest BCUT2D eigenvalue weighted by Crippen LogP contribution is 2.21. The SMILES string of the molecule is CN(CCCC(C)(C)C#N)C1CCNC1. The summed E-state index contributed by atoms with van der Waals surface area (Å²) in [5.74, 6) is 0. The third-order valence-corrected chi connectivity index (χ3v) is 3.27. The number of hydrogen-bond donors (Lipinski definition) is 1. The van der Waals surface area contributed by atoms with E-state index in [-0.39, 0.29) is 5.41 Å². The zero-order valence-corrected chi connectivity index (χ0v) is 10.2. The van der Waals surface area contributed by atoms with E-state index in [4.69, 9.17) is 5.26 Å². The molecule has 0 aromatic heterocycles. The Kier molecular flexibility index (Phi) is 4.56. The van der Waals surface area contributed by atoms with Crippen LogP contribution in [0.4, 0.5) is 0 Å². The molecule has 1 aliphatic rings. The van der Waals surface area contributed by atoms with E-state index >= 15 is 0 Å². The molecule has 0 radical (unpaired) electrons. The number of rotatable bonds is 5. The molecule has 1 fully saturated rings. The van der Waals surface area contributed by atoms with Gasteiger partial charge in [-0.2, -0.15) is 5.26 Å². The Balaban J connectivity index is 2.17. The molecule has 1 aliphatic heterocycles. The van der Waals surface area contributed by atoms with Crippen molar-refractivity contribution < 1.29 is 0 Å². The predicted molar refractivity (Wildman–Crippen MR) is 62.5 cm³/mol. The van der Waals surface area contributed by atoms with E-state index in [1.54, 1.807) is 0 Å². The van der Waals surface area contributed by atoms with Gasteiger partial charge in [-0.15, -0.1) is 0 Å². The normalized spacial score (nSPS) is 21.9. The maximum absolute atomic E-state index is 8.90. The summed E-state index contributed by atoms with van der Waals surface area (Å²) < 4.78 is 0. The Morgan fingerprint density at radius 1 is 1.53 bits per heavy atom. The Bertz CT molecular complexity index is 224. The van der Waals surface area contributed by atoms with E-state index in [1.807, 2.05) is 13.8 Å². The molecule has 0 aliphatic carbocycles. The van der Waals surface area contributed by atoms with Crippen LogP contribution in [0.3, 0.4) is 0 Å². The van der Waals surface area contributed by atoms with Crippen LogP contribution in [0.25, 0.3) is 0 Å². The molecule has 1 N–H and O–H groups in total. The summed E-state index contributed by atoms with van der Waals surface area (Å²) in [6.45, 7) is 7.42. The van der Waals surface area contributed by atoms with E-state index in [0.29, 0.717) is 6.04 Å². The summed E-state index contributed by atoms with van der Waals surface area (Å²) >= 11 is 0. The lowest BCUT2D eigenvalue weighted by molar-refractivity contribution is 0.242. The maximum Gasteiger partial charge on any atom is 0.0683 e. The quantitative estimate of drug-likeness (QED) is 0.747. The van der Waals surface area contributed by atoms with Gasteiger partial charge in [0, 0.05) is 12.6 Å². The molecule has 0 amide bonds. The van der Waals surface area contributed by atoms with Crippen LogP contribution >= 0.6 is 0 Å². The van der Waals surface area contributed by atoms with Crippen LogP contribution in [0, 0.1) is 16.7 Å². The zero-order valence-electron chi connectivity index (χ0n) is 10.2. The van der Waals surface area contributed by atoms with Crippen LogP contribution < -0.4 is 5.32 Å². The average Bonchev–Trinajstić information content (AvgIpc) is 2.70. The van der Waals surface area contributed by atoms with Crippen molar-refractivity contribution >= 4 is 0 Å². The summed E-state index contributed by atoms with van der Waals surface area (Å²) in [7, 11) is 2.19. The molecule has 0 aromatic carbocycles. The van der Waals surface area contributed by atoms with Gasteiger partial charge in [-0.25, -0.2) is 0 Å². The zero-order chi connectivity index (χ0) is 11.3. The highest BCUT2D eigenvalue weighted by atomic mass is 15.2. The van der Waals surface area contributed by atoms with Crippen LogP contribution in [0.1, 0.15) is 33.1 Å². The van der Waals surface area contributed by atoms with Gasteiger partial charge >= 0.3 is 0 Å². The molecule has 1 rings (SSSR count). The third-order valence-electron chi connectivity index (χ3n) is 3.27. The molecule has 0 bridgehead atoms. The number of nitrogens with one attached hydrogen (secondary N) is 1. The van der Waals surface area contributed by atoms with Crippen molar-refractivity contribution in [1.82, 2.24) is 10.2 Å². The summed E-state index contributed by atoms with van der Waals surface area (Å²) in [6.07, 6.45) is 3.37. The highest BCUT2D eigenvalue weighted by molar-refractivity contribution is 4.91. The fraction of sp³-hybridized carbons (Fsp3) is 0.917. The monoisotopic (exact) mass is 209 g/mol. The molecule has 0 saturated carbocycles. The van der Waals surface area contributed by atoms with Crippen LogP contribution in [0.15, 0.2) is 0 Å². The van der Waals surface area contributed by atoms with E-state index in [2.05, 4.69) is 23.3 Å². The van der Waals surface area contributed by atoms with Crippen molar-refractivity contribution in [3.05, 3.63) is 0 Å². The Morgan fingerprint density at radius 3 is 2.80 bits per heavy atom. The lowest BCUT2D eigenvalue weighted by Crippen LogP contribution is -2.34. The molecule has 1 saturated heterocycles. The molecule has 1 atom stereocenters. The molecular formula is C12H23N3. The van der Waals surface area contributed by atoms with Gasteiger partial charge < -0.3 is 10.2 Å². The minimum absolute atomic E-state index is 0.158. The number of nitriles is 1. The fourth-order valence-electron chi connectivity index (χ4n) is 2.02. The van der Waals surface area contributed by atoms with Crippen LogP contribution in [0.2, 0.25) is 0 Å². The Morgan fingerprint density at radius 2 is 2.27 bits per heavy atom. The van der Waals surface area contributed by atoms with Crippen LogP contribution in [-0.2, 0) is 0 Å². The second kappa shape index (κ2) is 5.48. The van der Waals surface area contributed by atoms with Crippen molar-refractivity contribution in [3.8, 4) is 6.07 Å². The van der Waals surface area contributed by atoms with Gasteiger partial charge in [-0.3, -0.25) is 0 Å². The van der Waals surface area contributed by atoms with Crippen molar-refractivity contribution in [2.24, 2.45) is 5.41 Å². The molecule has 15 heavy (non-hydrogen) atoms. The number of nitrogens with zero attached hydrogens (tertiary/aromatic N) is 2.